The van der Waals surface area contributed by atoms with Crippen LogP contribution in [0.15, 0.2) is 54.6 Å². The third-order valence-electron chi connectivity index (χ3n) is 4.44. The molecule has 0 heterocycles. The number of carbonyl (C=O) groups is 1. The molecule has 0 saturated heterocycles. The Kier molecular flexibility index (Phi) is 3.78. The summed E-state index contributed by atoms with van der Waals surface area (Å²) < 4.78 is 0. The Balaban J connectivity index is 1.74. The first kappa shape index (κ1) is 13.9. The van der Waals surface area contributed by atoms with Crippen LogP contribution in [0.2, 0.25) is 0 Å². The number of hydrogen-bond donors (Lipinski definition) is 1. The zero-order valence-electron chi connectivity index (χ0n) is 12.2. The molecule has 3 atom stereocenters. The van der Waals surface area contributed by atoms with Crippen LogP contribution in [0.4, 0.5) is 0 Å². The molecule has 0 aliphatic heterocycles. The third kappa shape index (κ3) is 3.15. The lowest BCUT2D eigenvalue weighted by Crippen LogP contribution is -2.19. The summed E-state index contributed by atoms with van der Waals surface area (Å²) in [5.41, 5.74) is 3.59. The molecule has 1 aliphatic rings. The van der Waals surface area contributed by atoms with Gasteiger partial charge >= 0.3 is 5.97 Å². The van der Waals surface area contributed by atoms with Gasteiger partial charge in [-0.2, -0.15) is 0 Å². The van der Waals surface area contributed by atoms with Crippen LogP contribution >= 0.6 is 0 Å². The molecule has 1 saturated carbocycles. The molecule has 2 aromatic rings. The van der Waals surface area contributed by atoms with Crippen LogP contribution in [0.5, 0.6) is 0 Å². The predicted molar refractivity (Wildman–Crippen MR) is 83.3 cm³/mol. The van der Waals surface area contributed by atoms with Crippen molar-refractivity contribution in [2.24, 2.45) is 11.8 Å². The molecule has 0 amide bonds. The average molecular weight is 280 g/mol. The fraction of sp³-hybridized carbons (Fsp3) is 0.316. The molecule has 0 bridgehead atoms. The van der Waals surface area contributed by atoms with Crippen LogP contribution in [-0.4, -0.2) is 11.1 Å². The van der Waals surface area contributed by atoms with Crippen molar-refractivity contribution in [2.75, 3.05) is 0 Å². The van der Waals surface area contributed by atoms with Gasteiger partial charge in [-0.05, 0) is 42.7 Å². The van der Waals surface area contributed by atoms with Gasteiger partial charge in [0, 0.05) is 0 Å². The number of hydrogen-bond acceptors (Lipinski definition) is 1. The van der Waals surface area contributed by atoms with Crippen molar-refractivity contribution in [1.82, 2.24) is 0 Å². The van der Waals surface area contributed by atoms with Crippen molar-refractivity contribution in [2.45, 2.75) is 25.7 Å². The summed E-state index contributed by atoms with van der Waals surface area (Å²) in [4.78, 5) is 11.6. The van der Waals surface area contributed by atoms with Gasteiger partial charge in [-0.25, -0.2) is 0 Å². The maximum atomic E-state index is 11.6. The van der Waals surface area contributed by atoms with Crippen LogP contribution in [-0.2, 0) is 11.2 Å². The molecule has 1 aliphatic carbocycles. The second-order valence-corrected chi connectivity index (χ2v) is 6.05. The van der Waals surface area contributed by atoms with E-state index in [9.17, 15) is 9.90 Å². The highest BCUT2D eigenvalue weighted by Crippen LogP contribution is 2.52. The molecule has 0 aromatic heterocycles. The van der Waals surface area contributed by atoms with E-state index in [0.717, 1.165) is 12.0 Å². The van der Waals surface area contributed by atoms with Crippen LogP contribution < -0.4 is 0 Å². The fourth-order valence-electron chi connectivity index (χ4n) is 3.26. The number of carboxylic acids is 1. The zero-order chi connectivity index (χ0) is 14.8. The number of carboxylic acid groups (broad SMARTS) is 1. The highest BCUT2D eigenvalue weighted by Gasteiger charge is 2.46. The van der Waals surface area contributed by atoms with Gasteiger partial charge in [0.25, 0.3) is 0 Å². The first-order valence-electron chi connectivity index (χ1n) is 7.48. The number of aryl methyl sites for hydroxylation is 1. The summed E-state index contributed by atoms with van der Waals surface area (Å²) >= 11 is 0. The average Bonchev–Trinajstić information content (AvgIpc) is 3.26. The summed E-state index contributed by atoms with van der Waals surface area (Å²) in [7, 11) is 0. The first-order chi connectivity index (χ1) is 10.1. The summed E-state index contributed by atoms with van der Waals surface area (Å²) in [5, 5.41) is 9.58. The van der Waals surface area contributed by atoms with E-state index >= 15 is 0 Å². The van der Waals surface area contributed by atoms with Crippen molar-refractivity contribution < 1.29 is 9.90 Å². The lowest BCUT2D eigenvalue weighted by Gasteiger charge is -2.13. The van der Waals surface area contributed by atoms with Crippen molar-refractivity contribution in [3.63, 3.8) is 0 Å². The Bertz CT molecular complexity index is 633. The van der Waals surface area contributed by atoms with E-state index in [4.69, 9.17) is 0 Å². The van der Waals surface area contributed by atoms with Crippen LogP contribution in [0.3, 0.4) is 0 Å². The number of aliphatic carboxylic acids is 1. The van der Waals surface area contributed by atoms with E-state index in [1.165, 1.54) is 11.1 Å². The van der Waals surface area contributed by atoms with Gasteiger partial charge in [-0.15, -0.1) is 0 Å². The number of rotatable bonds is 5. The van der Waals surface area contributed by atoms with Gasteiger partial charge < -0.3 is 5.11 Å². The van der Waals surface area contributed by atoms with E-state index in [-0.39, 0.29) is 11.8 Å². The minimum atomic E-state index is -0.667. The van der Waals surface area contributed by atoms with Crippen molar-refractivity contribution in [3.05, 3.63) is 71.3 Å². The Morgan fingerprint density at radius 1 is 1.19 bits per heavy atom. The minimum absolute atomic E-state index is 0.269. The maximum absolute atomic E-state index is 11.6. The Hall–Kier alpha value is -2.09. The van der Waals surface area contributed by atoms with Gasteiger partial charge in [0.1, 0.15) is 0 Å². The molecule has 1 N–H and O–H groups in total. The summed E-state index contributed by atoms with van der Waals surface area (Å²) in [6, 6.07) is 18.4. The molecule has 3 unspecified atom stereocenters. The molecule has 2 aromatic carbocycles. The smallest absolute Gasteiger partial charge is 0.307 e. The first-order valence-corrected chi connectivity index (χ1v) is 7.48. The molecule has 108 valence electrons. The number of benzene rings is 2. The summed E-state index contributed by atoms with van der Waals surface area (Å²) in [6.45, 7) is 2.04. The zero-order valence-corrected chi connectivity index (χ0v) is 12.2. The molecule has 3 rings (SSSR count). The third-order valence-corrected chi connectivity index (χ3v) is 4.44. The lowest BCUT2D eigenvalue weighted by atomic mass is 9.92. The van der Waals surface area contributed by atoms with Gasteiger partial charge in [-0.1, -0.05) is 60.2 Å². The Morgan fingerprint density at radius 2 is 1.95 bits per heavy atom. The van der Waals surface area contributed by atoms with E-state index in [2.05, 4.69) is 18.2 Å². The van der Waals surface area contributed by atoms with E-state index < -0.39 is 5.97 Å². The van der Waals surface area contributed by atoms with E-state index in [1.807, 2.05) is 43.3 Å². The van der Waals surface area contributed by atoms with Gasteiger partial charge in [0.2, 0.25) is 0 Å². The van der Waals surface area contributed by atoms with Crippen LogP contribution in [0, 0.1) is 18.8 Å². The normalized spacial score (nSPS) is 21.8. The quantitative estimate of drug-likeness (QED) is 0.897. The highest BCUT2D eigenvalue weighted by molar-refractivity contribution is 5.71. The Morgan fingerprint density at radius 3 is 2.62 bits per heavy atom. The molecular formula is C19H20O2. The SMILES string of the molecule is Cc1cccc(CC(C(=O)O)C2CC2c2ccccc2)c1. The molecule has 2 heteroatoms. The van der Waals surface area contributed by atoms with Crippen molar-refractivity contribution >= 4 is 5.97 Å². The predicted octanol–water partition coefficient (Wildman–Crippen LogP) is 4.04. The highest BCUT2D eigenvalue weighted by atomic mass is 16.4. The molecule has 0 radical (unpaired) electrons. The maximum Gasteiger partial charge on any atom is 0.307 e. The molecule has 2 nitrogen and oxygen atoms in total. The van der Waals surface area contributed by atoms with Gasteiger partial charge in [-0.3, -0.25) is 4.79 Å². The van der Waals surface area contributed by atoms with Gasteiger partial charge in [0.15, 0.2) is 0 Å². The summed E-state index contributed by atoms with van der Waals surface area (Å²) in [6.07, 6.45) is 1.62. The molecule has 21 heavy (non-hydrogen) atoms. The standard InChI is InChI=1S/C19H20O2/c1-13-6-5-7-14(10-13)11-18(19(20)21)17-12-16(17)15-8-3-2-4-9-15/h2-10,16-18H,11-12H2,1H3,(H,20,21). The Labute approximate surface area is 125 Å². The molecule has 0 spiro atoms. The monoisotopic (exact) mass is 280 g/mol. The molecular weight excluding hydrogens is 260 g/mol. The van der Waals surface area contributed by atoms with E-state index in [0.29, 0.717) is 12.3 Å². The molecule has 1 fully saturated rings. The topological polar surface area (TPSA) is 37.3 Å². The second-order valence-electron chi connectivity index (χ2n) is 6.05. The minimum Gasteiger partial charge on any atom is -0.481 e. The van der Waals surface area contributed by atoms with Crippen LogP contribution in [0.1, 0.15) is 29.0 Å². The lowest BCUT2D eigenvalue weighted by molar-refractivity contribution is -0.142. The summed E-state index contributed by atoms with van der Waals surface area (Å²) in [5.74, 6) is -0.264. The second kappa shape index (κ2) is 5.72. The van der Waals surface area contributed by atoms with E-state index in [1.54, 1.807) is 0 Å². The van der Waals surface area contributed by atoms with Crippen LogP contribution in [0.25, 0.3) is 0 Å². The van der Waals surface area contributed by atoms with Crippen molar-refractivity contribution in [3.8, 4) is 0 Å². The fourth-order valence-corrected chi connectivity index (χ4v) is 3.26. The largest absolute Gasteiger partial charge is 0.481 e. The van der Waals surface area contributed by atoms with Crippen molar-refractivity contribution in [1.29, 1.82) is 0 Å². The van der Waals surface area contributed by atoms with Gasteiger partial charge in [0.05, 0.1) is 5.92 Å².